The van der Waals surface area contributed by atoms with Crippen LogP contribution in [0.5, 0.6) is 0 Å². The third-order valence-electron chi connectivity index (χ3n) is 5.37. The SMILES string of the molecule is CC[N+](CC)(CC)CC.CC[N+](CC)(CC)CC.[C-]#[O+].[C-]#[O+].[C-]#[O+].[C-]#[O+].[C-]#[O+].[C-]#[O+].[C-]#[O+].[C-]#[O+].[Fe].[Fe]. The van der Waals surface area contributed by atoms with Crippen LogP contribution >= 0.6 is 0 Å². The van der Waals surface area contributed by atoms with Gasteiger partial charge in [-0.2, -0.15) is 0 Å². The molecule has 10 nitrogen and oxygen atoms in total. The van der Waals surface area contributed by atoms with Crippen molar-refractivity contribution < 1.29 is 80.3 Å². The van der Waals surface area contributed by atoms with E-state index in [-0.39, 0.29) is 34.1 Å². The summed E-state index contributed by atoms with van der Waals surface area (Å²) in [5.74, 6) is 0. The summed E-state index contributed by atoms with van der Waals surface area (Å²) in [6.07, 6.45) is 0. The van der Waals surface area contributed by atoms with E-state index in [1.807, 2.05) is 0 Å². The minimum absolute atomic E-state index is 0. The Morgan fingerprint density at radius 3 is 0.333 bits per heavy atom. The van der Waals surface area contributed by atoms with Crippen LogP contribution in [-0.2, 0) is 71.4 Å². The van der Waals surface area contributed by atoms with E-state index >= 15 is 0 Å². The monoisotopic (exact) mass is 596 g/mol. The predicted octanol–water partition coefficient (Wildman–Crippen LogP) is 3.46. The number of rotatable bonds is 8. The molecule has 0 aromatic rings. The van der Waals surface area contributed by atoms with Crippen LogP contribution < -0.4 is 0 Å². The number of nitrogens with zero attached hydrogens (tertiary/aromatic N) is 2. The first-order chi connectivity index (χ1) is 16.5. The summed E-state index contributed by atoms with van der Waals surface area (Å²) in [6, 6.07) is 0. The van der Waals surface area contributed by atoms with Crippen molar-refractivity contribution in [3.8, 4) is 0 Å². The van der Waals surface area contributed by atoms with Crippen molar-refractivity contribution in [2.75, 3.05) is 52.4 Å². The molecule has 0 rings (SSSR count). The van der Waals surface area contributed by atoms with Crippen molar-refractivity contribution in [2.45, 2.75) is 55.4 Å². The molecule has 0 bridgehead atoms. The fourth-order valence-corrected chi connectivity index (χ4v) is 2.68. The molecule has 0 aromatic carbocycles. The van der Waals surface area contributed by atoms with Gasteiger partial charge in [-0.25, -0.2) is 0 Å². The van der Waals surface area contributed by atoms with Crippen molar-refractivity contribution in [2.24, 2.45) is 0 Å². The fourth-order valence-electron chi connectivity index (χ4n) is 2.68. The molecule has 0 heterocycles. The van der Waals surface area contributed by atoms with Gasteiger partial charge in [-0.1, -0.05) is 0 Å². The van der Waals surface area contributed by atoms with Gasteiger partial charge in [0.15, 0.2) is 0 Å². The Balaban J connectivity index is -0.0000000199. The van der Waals surface area contributed by atoms with Crippen molar-refractivity contribution in [3.05, 3.63) is 53.2 Å². The molecule has 0 aliphatic heterocycles. The Labute approximate surface area is 240 Å². The predicted molar refractivity (Wildman–Crippen MR) is 116 cm³/mol. The normalized spacial score (nSPS) is 6.44. The van der Waals surface area contributed by atoms with E-state index in [1.165, 1.54) is 61.3 Å². The summed E-state index contributed by atoms with van der Waals surface area (Å²) in [5.41, 5.74) is 0. The first-order valence-corrected chi connectivity index (χ1v) is 9.82. The largest absolute Gasteiger partial charge is 0 e. The summed E-state index contributed by atoms with van der Waals surface area (Å²) in [4.78, 5) is 0. The van der Waals surface area contributed by atoms with Gasteiger partial charge in [0, 0.05) is 34.1 Å². The molecule has 0 aliphatic carbocycles. The van der Waals surface area contributed by atoms with Crippen LogP contribution in [0, 0.1) is 53.2 Å². The molecule has 0 fully saturated rings. The summed E-state index contributed by atoms with van der Waals surface area (Å²) < 4.78 is 62.6. The maximum atomic E-state index is 7.50. The standard InChI is InChI=1S/2C8H20N.8CO.2Fe/c2*1-5-9(6-2,7-3)8-4;8*1-2;;/h2*5-8H2,1-4H3;;;;;;;;;;/q2*+1;;;;;;;;;;. The van der Waals surface area contributed by atoms with Crippen LogP contribution in [0.15, 0.2) is 0 Å². The van der Waals surface area contributed by atoms with Crippen molar-refractivity contribution >= 4 is 0 Å². The van der Waals surface area contributed by atoms with Gasteiger partial charge in [0.2, 0.25) is 0 Å². The second-order valence-electron chi connectivity index (χ2n) is 5.21. The second kappa shape index (κ2) is 103. The smallest absolute Gasteiger partial charge is 0 e. The topological polar surface area (TPSA) is 159 Å². The molecule has 0 N–H and O–H groups in total. The van der Waals surface area contributed by atoms with Crippen LogP contribution in [0.2, 0.25) is 0 Å². The molecule has 0 amide bonds. The fraction of sp³-hybridized carbons (Fsp3) is 0.667. The summed E-state index contributed by atoms with van der Waals surface area (Å²) in [7, 11) is 0. The molecule has 0 aromatic heterocycles. The van der Waals surface area contributed by atoms with Crippen LogP contribution in [0.25, 0.3) is 0 Å². The summed E-state index contributed by atoms with van der Waals surface area (Å²) in [5, 5.41) is 0. The Hall–Kier alpha value is -1.12. The molecule has 12 heteroatoms. The quantitative estimate of drug-likeness (QED) is 0.174. The third kappa shape index (κ3) is 63.8. The van der Waals surface area contributed by atoms with E-state index in [0.717, 1.165) is 0 Å². The molecule has 0 saturated carbocycles. The number of quaternary nitrogens is 2. The van der Waals surface area contributed by atoms with Crippen molar-refractivity contribution in [3.63, 3.8) is 0 Å². The van der Waals surface area contributed by atoms with Crippen LogP contribution in [0.1, 0.15) is 55.4 Å². The second-order valence-corrected chi connectivity index (χ2v) is 5.21. The molecular formula is C24H40Fe2N2O8+2. The van der Waals surface area contributed by atoms with Crippen molar-refractivity contribution in [1.29, 1.82) is 0 Å². The van der Waals surface area contributed by atoms with Crippen LogP contribution in [0.3, 0.4) is 0 Å². The van der Waals surface area contributed by atoms with Crippen LogP contribution in [0.4, 0.5) is 0 Å². The van der Waals surface area contributed by atoms with E-state index in [2.05, 4.69) is 109 Å². The molecule has 0 radical (unpaired) electrons. The Morgan fingerprint density at radius 1 is 0.278 bits per heavy atom. The molecule has 36 heavy (non-hydrogen) atoms. The zero-order valence-electron chi connectivity index (χ0n) is 22.5. The van der Waals surface area contributed by atoms with Gasteiger partial charge in [-0.3, -0.25) is 0 Å². The molecular weight excluding hydrogens is 556 g/mol. The molecule has 0 spiro atoms. The minimum Gasteiger partial charge on any atom is 0 e. The van der Waals surface area contributed by atoms with Gasteiger partial charge in [-0.15, -0.1) is 0 Å². The third-order valence-corrected chi connectivity index (χ3v) is 5.37. The first-order valence-electron chi connectivity index (χ1n) is 9.82. The molecule has 208 valence electrons. The van der Waals surface area contributed by atoms with E-state index in [4.69, 9.17) is 37.2 Å². The summed E-state index contributed by atoms with van der Waals surface area (Å²) in [6.45, 7) is 64.4. The Kier molecular flexibility index (Phi) is 218. The first kappa shape index (κ1) is 76.5. The zero-order valence-corrected chi connectivity index (χ0v) is 24.7. The molecule has 0 aliphatic rings. The van der Waals surface area contributed by atoms with Gasteiger partial charge in [-0.05, 0) is 55.4 Å². The van der Waals surface area contributed by atoms with Gasteiger partial charge in [0.05, 0.1) is 52.4 Å². The van der Waals surface area contributed by atoms with E-state index in [0.29, 0.717) is 0 Å². The van der Waals surface area contributed by atoms with E-state index in [1.54, 1.807) is 0 Å². The molecule has 0 saturated heterocycles. The number of hydrogen-bond acceptors (Lipinski definition) is 0. The zero-order chi connectivity index (χ0) is 30.7. The van der Waals surface area contributed by atoms with Crippen LogP contribution in [-0.4, -0.2) is 61.3 Å². The molecule has 0 atom stereocenters. The molecule has 0 unspecified atom stereocenters. The maximum absolute atomic E-state index is 7.50. The van der Waals surface area contributed by atoms with Gasteiger partial charge >= 0.3 is 90.4 Å². The van der Waals surface area contributed by atoms with E-state index in [9.17, 15) is 0 Å². The summed E-state index contributed by atoms with van der Waals surface area (Å²) >= 11 is 0. The minimum atomic E-state index is 0. The average Bonchev–Trinajstić information content (AvgIpc) is 3.01. The Morgan fingerprint density at radius 2 is 0.333 bits per heavy atom. The van der Waals surface area contributed by atoms with Gasteiger partial charge in [0.25, 0.3) is 0 Å². The van der Waals surface area contributed by atoms with E-state index < -0.39 is 0 Å². The van der Waals surface area contributed by atoms with Gasteiger partial charge in [0.1, 0.15) is 0 Å². The number of hydrogen-bond donors (Lipinski definition) is 0. The van der Waals surface area contributed by atoms with Gasteiger partial charge < -0.3 is 8.97 Å². The Bertz CT molecular complexity index is 351. The maximum Gasteiger partial charge on any atom is 0 e. The average molecular weight is 596 g/mol. The van der Waals surface area contributed by atoms with Crippen molar-refractivity contribution in [1.82, 2.24) is 0 Å².